The number of halogens is 1. The van der Waals surface area contributed by atoms with Crippen molar-refractivity contribution in [3.63, 3.8) is 0 Å². The van der Waals surface area contributed by atoms with Crippen LogP contribution in [0, 0.1) is 0 Å². The van der Waals surface area contributed by atoms with Gasteiger partial charge in [-0.3, -0.25) is 4.79 Å². The summed E-state index contributed by atoms with van der Waals surface area (Å²) < 4.78 is 13.1. The number of amides is 2. The second kappa shape index (κ2) is 9.30. The van der Waals surface area contributed by atoms with Crippen LogP contribution < -0.4 is 0 Å². The average molecular weight is 476 g/mol. The van der Waals surface area contributed by atoms with E-state index in [2.05, 4.69) is 16.7 Å². The number of piperazine rings is 1. The fourth-order valence-electron chi connectivity index (χ4n) is 4.15. The topological polar surface area (TPSA) is 89.8 Å². The van der Waals surface area contributed by atoms with Gasteiger partial charge < -0.3 is 19.3 Å². The molecule has 0 aromatic carbocycles. The Morgan fingerprint density at radius 2 is 1.91 bits per heavy atom. The lowest BCUT2D eigenvalue weighted by Gasteiger charge is -2.35. The van der Waals surface area contributed by atoms with E-state index in [-0.39, 0.29) is 23.4 Å². The van der Waals surface area contributed by atoms with E-state index in [1.165, 1.54) is 0 Å². The summed E-state index contributed by atoms with van der Waals surface area (Å²) in [6, 6.07) is 1.58. The van der Waals surface area contributed by atoms with Crippen molar-refractivity contribution in [1.82, 2.24) is 24.6 Å². The lowest BCUT2D eigenvalue weighted by atomic mass is 10.1. The molecule has 4 heterocycles. The zero-order valence-corrected chi connectivity index (χ0v) is 20.1. The second-order valence-electron chi connectivity index (χ2n) is 9.31. The number of pyridine rings is 1. The Labute approximate surface area is 198 Å². The fourth-order valence-corrected chi connectivity index (χ4v) is 4.34. The molecule has 178 valence electrons. The first kappa shape index (κ1) is 23.5. The van der Waals surface area contributed by atoms with Crippen LogP contribution in [0.4, 0.5) is 4.79 Å². The smallest absolute Gasteiger partial charge is 0.410 e. The van der Waals surface area contributed by atoms with Crippen molar-refractivity contribution in [2.45, 2.75) is 51.9 Å². The maximum absolute atomic E-state index is 13.5. The molecule has 1 atom stereocenters. The molecule has 2 aromatic rings. The number of rotatable bonds is 3. The van der Waals surface area contributed by atoms with Crippen molar-refractivity contribution in [2.75, 3.05) is 32.8 Å². The number of aromatic nitrogens is 3. The fraction of sp³-hybridized carbons (Fsp3) is 0.565. The van der Waals surface area contributed by atoms with E-state index < -0.39 is 5.60 Å². The summed E-state index contributed by atoms with van der Waals surface area (Å²) in [5.41, 5.74) is 0.944. The van der Waals surface area contributed by atoms with E-state index >= 15 is 0 Å². The van der Waals surface area contributed by atoms with Crippen LogP contribution in [0.5, 0.6) is 0 Å². The highest BCUT2D eigenvalue weighted by atomic mass is 35.5. The van der Waals surface area contributed by atoms with Crippen molar-refractivity contribution in [2.24, 2.45) is 0 Å². The van der Waals surface area contributed by atoms with Crippen molar-refractivity contribution in [1.29, 1.82) is 0 Å². The van der Waals surface area contributed by atoms with Crippen LogP contribution in [0.3, 0.4) is 0 Å². The van der Waals surface area contributed by atoms with Crippen molar-refractivity contribution < 1.29 is 19.1 Å². The van der Waals surface area contributed by atoms with Gasteiger partial charge in [-0.1, -0.05) is 18.2 Å². The van der Waals surface area contributed by atoms with Gasteiger partial charge in [-0.25, -0.2) is 14.5 Å². The molecule has 2 amide bonds. The number of hydrogen-bond donors (Lipinski definition) is 0. The third-order valence-electron chi connectivity index (χ3n) is 5.73. The van der Waals surface area contributed by atoms with E-state index in [0.29, 0.717) is 55.1 Å². The van der Waals surface area contributed by atoms with Gasteiger partial charge in [0.25, 0.3) is 5.91 Å². The van der Waals surface area contributed by atoms with Crippen LogP contribution in [-0.4, -0.2) is 75.0 Å². The minimum atomic E-state index is -0.563. The molecule has 0 radical (unpaired) electrons. The van der Waals surface area contributed by atoms with E-state index in [9.17, 15) is 9.59 Å². The Kier molecular flexibility index (Phi) is 6.63. The molecule has 1 unspecified atom stereocenters. The van der Waals surface area contributed by atoms with E-state index in [1.54, 1.807) is 26.6 Å². The molecule has 0 spiro atoms. The third-order valence-corrected chi connectivity index (χ3v) is 5.92. The maximum atomic E-state index is 13.5. The molecule has 33 heavy (non-hydrogen) atoms. The molecular formula is C23H30ClN5O4. The van der Waals surface area contributed by atoms with E-state index in [0.717, 1.165) is 19.3 Å². The van der Waals surface area contributed by atoms with Gasteiger partial charge >= 0.3 is 6.09 Å². The monoisotopic (exact) mass is 475 g/mol. The Balaban J connectivity index is 1.59. The van der Waals surface area contributed by atoms with Gasteiger partial charge in [-0.05, 0) is 52.2 Å². The van der Waals surface area contributed by atoms with Gasteiger partial charge in [-0.15, -0.1) is 0 Å². The molecule has 10 heteroatoms. The van der Waals surface area contributed by atoms with Crippen molar-refractivity contribution in [3.8, 4) is 0 Å². The van der Waals surface area contributed by atoms with Crippen LogP contribution >= 0.6 is 11.6 Å². The summed E-state index contributed by atoms with van der Waals surface area (Å²) in [7, 11) is 0. The molecule has 4 rings (SSSR count). The van der Waals surface area contributed by atoms with Crippen LogP contribution in [0.2, 0.25) is 5.15 Å². The van der Waals surface area contributed by atoms with Gasteiger partial charge in [0, 0.05) is 32.8 Å². The first-order valence-electron chi connectivity index (χ1n) is 11.3. The predicted octanol–water partition coefficient (Wildman–Crippen LogP) is 4.12. The number of ether oxygens (including phenoxy) is 2. The SMILES string of the molecule is C=Cc1nn(C2CCCCO2)c2nc(Cl)cc(C(=O)N3CCN(C(=O)OC(C)(C)C)CC3)c12. The zero-order chi connectivity index (χ0) is 23.8. The van der Waals surface area contributed by atoms with Gasteiger partial charge in [-0.2, -0.15) is 5.10 Å². The molecule has 2 fully saturated rings. The molecule has 2 saturated heterocycles. The Hall–Kier alpha value is -2.65. The third kappa shape index (κ3) is 4.99. The molecule has 2 aliphatic rings. The lowest BCUT2D eigenvalue weighted by Crippen LogP contribution is -2.51. The number of carbonyl (C=O) groups excluding carboxylic acids is 2. The van der Waals surface area contributed by atoms with Crippen molar-refractivity contribution in [3.05, 3.63) is 29.1 Å². The molecular weight excluding hydrogens is 446 g/mol. The highest BCUT2D eigenvalue weighted by Gasteiger charge is 2.31. The molecule has 9 nitrogen and oxygen atoms in total. The Bertz CT molecular complexity index is 1060. The van der Waals surface area contributed by atoms with Crippen LogP contribution in [0.15, 0.2) is 12.6 Å². The second-order valence-corrected chi connectivity index (χ2v) is 9.69. The maximum Gasteiger partial charge on any atom is 0.410 e. The molecule has 0 N–H and O–H groups in total. The average Bonchev–Trinajstić information content (AvgIpc) is 3.16. The van der Waals surface area contributed by atoms with Gasteiger partial charge in [0.05, 0.1) is 16.6 Å². The Morgan fingerprint density at radius 3 is 2.52 bits per heavy atom. The first-order chi connectivity index (χ1) is 15.7. The van der Waals surface area contributed by atoms with E-state index in [1.807, 2.05) is 20.8 Å². The minimum Gasteiger partial charge on any atom is -0.444 e. The molecule has 2 aromatic heterocycles. The molecule has 0 aliphatic carbocycles. The van der Waals surface area contributed by atoms with Crippen molar-refractivity contribution >= 4 is 40.7 Å². The first-order valence-corrected chi connectivity index (χ1v) is 11.7. The zero-order valence-electron chi connectivity index (χ0n) is 19.3. The summed E-state index contributed by atoms with van der Waals surface area (Å²) in [6.07, 6.45) is 3.86. The standard InChI is InChI=1S/C23H30ClN5O4/c1-5-16-19-15(14-17(24)25-20(19)29(26-16)18-8-6-7-13-32-18)21(30)27-9-11-28(12-10-27)22(31)33-23(2,3)4/h5,14,18H,1,6-13H2,2-4H3. The van der Waals surface area contributed by atoms with Crippen LogP contribution in [0.1, 0.15) is 62.3 Å². The summed E-state index contributed by atoms with van der Waals surface area (Å²) in [6.45, 7) is 11.6. The molecule has 2 aliphatic heterocycles. The summed E-state index contributed by atoms with van der Waals surface area (Å²) in [4.78, 5) is 33.7. The highest BCUT2D eigenvalue weighted by molar-refractivity contribution is 6.30. The van der Waals surface area contributed by atoms with Crippen LogP contribution in [-0.2, 0) is 9.47 Å². The minimum absolute atomic E-state index is 0.180. The number of hydrogen-bond acceptors (Lipinski definition) is 6. The van der Waals surface area contributed by atoms with Gasteiger partial charge in [0.1, 0.15) is 10.8 Å². The summed E-state index contributed by atoms with van der Waals surface area (Å²) in [5.74, 6) is -0.180. The summed E-state index contributed by atoms with van der Waals surface area (Å²) in [5, 5.41) is 5.47. The molecule has 0 saturated carbocycles. The highest BCUT2D eigenvalue weighted by Crippen LogP contribution is 2.31. The predicted molar refractivity (Wildman–Crippen MR) is 125 cm³/mol. The number of carbonyl (C=O) groups is 2. The number of fused-ring (bicyclic) bond motifs is 1. The van der Waals surface area contributed by atoms with Gasteiger partial charge in [0.2, 0.25) is 0 Å². The van der Waals surface area contributed by atoms with Gasteiger partial charge in [0.15, 0.2) is 11.9 Å². The summed E-state index contributed by atoms with van der Waals surface area (Å²) >= 11 is 6.34. The molecule has 0 bridgehead atoms. The lowest BCUT2D eigenvalue weighted by molar-refractivity contribution is -0.0370. The normalized spacial score (nSPS) is 19.6. The van der Waals surface area contributed by atoms with E-state index in [4.69, 9.17) is 21.1 Å². The number of nitrogens with zero attached hydrogens (tertiary/aromatic N) is 5. The quantitative estimate of drug-likeness (QED) is 0.620. The Morgan fingerprint density at radius 1 is 1.21 bits per heavy atom. The van der Waals surface area contributed by atoms with Crippen LogP contribution in [0.25, 0.3) is 17.1 Å². The largest absolute Gasteiger partial charge is 0.444 e.